The van der Waals surface area contributed by atoms with Gasteiger partial charge in [0.2, 0.25) is 5.91 Å². The molecule has 1 aromatic carbocycles. The lowest BCUT2D eigenvalue weighted by molar-refractivity contribution is -0.385. The van der Waals surface area contributed by atoms with Crippen LogP contribution in [-0.2, 0) is 14.3 Å². The zero-order valence-corrected chi connectivity index (χ0v) is 12.5. The van der Waals surface area contributed by atoms with Crippen LogP contribution < -0.4 is 5.32 Å². The molecule has 0 spiro atoms. The molecule has 1 amide bonds. The molecule has 3 fully saturated rings. The Hall–Kier alpha value is -2.44. The molecule has 0 aromatic heterocycles. The van der Waals surface area contributed by atoms with Crippen molar-refractivity contribution in [1.82, 2.24) is 0 Å². The van der Waals surface area contributed by atoms with Crippen LogP contribution in [0.3, 0.4) is 0 Å². The predicted octanol–water partition coefficient (Wildman–Crippen LogP) is 2.04. The van der Waals surface area contributed by atoms with Crippen LogP contribution in [-0.4, -0.2) is 22.9 Å². The highest BCUT2D eigenvalue weighted by molar-refractivity contribution is 5.97. The van der Waals surface area contributed by atoms with E-state index >= 15 is 0 Å². The Kier molecular flexibility index (Phi) is 2.94. The second-order valence-electron chi connectivity index (χ2n) is 6.67. The summed E-state index contributed by atoms with van der Waals surface area (Å²) in [6.07, 6.45) is 1.59. The maximum atomic E-state index is 12.6. The lowest BCUT2D eigenvalue weighted by Crippen LogP contribution is -2.35. The van der Waals surface area contributed by atoms with Gasteiger partial charge in [-0.2, -0.15) is 0 Å². The number of anilines is 1. The van der Waals surface area contributed by atoms with Crippen molar-refractivity contribution >= 4 is 23.3 Å². The number of nitro benzene ring substituents is 1. The Bertz CT molecular complexity index is 729. The molecule has 2 aliphatic carbocycles. The van der Waals surface area contributed by atoms with Crippen LogP contribution in [0, 0.1) is 40.7 Å². The molecule has 23 heavy (non-hydrogen) atoms. The minimum absolute atomic E-state index is 0.0120. The highest BCUT2D eigenvalue weighted by Gasteiger charge is 2.63. The number of fused-ring (bicyclic) bond motifs is 1. The first kappa shape index (κ1) is 14.2. The van der Waals surface area contributed by atoms with E-state index in [4.69, 9.17) is 4.74 Å². The number of nitrogens with one attached hydrogen (secondary N) is 1. The normalized spacial score (nSPS) is 33.6. The zero-order chi connectivity index (χ0) is 16.3. The van der Waals surface area contributed by atoms with Crippen molar-refractivity contribution in [3.8, 4) is 0 Å². The fourth-order valence-corrected chi connectivity index (χ4v) is 4.47. The van der Waals surface area contributed by atoms with Gasteiger partial charge < -0.3 is 10.1 Å². The van der Waals surface area contributed by atoms with E-state index in [1.54, 1.807) is 19.1 Å². The van der Waals surface area contributed by atoms with Crippen molar-refractivity contribution < 1.29 is 19.2 Å². The van der Waals surface area contributed by atoms with E-state index in [1.807, 2.05) is 0 Å². The van der Waals surface area contributed by atoms with Crippen LogP contribution in [0.1, 0.15) is 18.4 Å². The number of esters is 1. The average molecular weight is 316 g/mol. The summed E-state index contributed by atoms with van der Waals surface area (Å²) in [4.78, 5) is 35.1. The Labute approximate surface area is 132 Å². The minimum Gasteiger partial charge on any atom is -0.462 e. The predicted molar refractivity (Wildman–Crippen MR) is 79.5 cm³/mol. The van der Waals surface area contributed by atoms with Crippen LogP contribution in [0.15, 0.2) is 18.2 Å². The largest absolute Gasteiger partial charge is 0.462 e. The van der Waals surface area contributed by atoms with Crippen molar-refractivity contribution in [2.24, 2.45) is 23.7 Å². The second-order valence-corrected chi connectivity index (χ2v) is 6.67. The van der Waals surface area contributed by atoms with Crippen LogP contribution >= 0.6 is 0 Å². The number of aryl methyl sites for hydroxylation is 1. The number of ether oxygens (including phenoxy) is 1. The van der Waals surface area contributed by atoms with Gasteiger partial charge in [-0.3, -0.25) is 19.7 Å². The molecule has 5 atom stereocenters. The molecule has 1 saturated heterocycles. The Morgan fingerprint density at radius 3 is 2.91 bits per heavy atom. The third-order valence-corrected chi connectivity index (χ3v) is 5.46. The highest BCUT2D eigenvalue weighted by Crippen LogP contribution is 2.57. The first-order chi connectivity index (χ1) is 11.0. The quantitative estimate of drug-likeness (QED) is 0.522. The van der Waals surface area contributed by atoms with Gasteiger partial charge in [0.05, 0.1) is 16.8 Å². The first-order valence-electron chi connectivity index (χ1n) is 7.72. The number of rotatable bonds is 3. The van der Waals surface area contributed by atoms with Crippen molar-refractivity contribution in [1.29, 1.82) is 0 Å². The number of nitrogens with zero attached hydrogens (tertiary/aromatic N) is 1. The Morgan fingerprint density at radius 1 is 1.39 bits per heavy atom. The third-order valence-electron chi connectivity index (χ3n) is 5.46. The zero-order valence-electron chi connectivity index (χ0n) is 12.5. The molecular formula is C16H16N2O5. The number of hydrogen-bond donors (Lipinski definition) is 1. The fourth-order valence-electron chi connectivity index (χ4n) is 4.47. The molecule has 2 bridgehead atoms. The molecule has 1 aliphatic heterocycles. The van der Waals surface area contributed by atoms with E-state index in [-0.39, 0.29) is 47.3 Å². The van der Waals surface area contributed by atoms with Crippen LogP contribution in [0.2, 0.25) is 0 Å². The third kappa shape index (κ3) is 2.03. The number of carbonyl (C=O) groups is 2. The van der Waals surface area contributed by atoms with Gasteiger partial charge in [-0.05, 0) is 31.7 Å². The van der Waals surface area contributed by atoms with E-state index in [0.717, 1.165) is 12.8 Å². The fraction of sp³-hybridized carbons (Fsp3) is 0.500. The van der Waals surface area contributed by atoms with E-state index < -0.39 is 4.92 Å². The van der Waals surface area contributed by atoms with E-state index in [1.165, 1.54) is 6.07 Å². The summed E-state index contributed by atoms with van der Waals surface area (Å²) in [7, 11) is 0. The summed E-state index contributed by atoms with van der Waals surface area (Å²) in [5, 5.41) is 13.7. The molecule has 7 nitrogen and oxygen atoms in total. The van der Waals surface area contributed by atoms with E-state index in [2.05, 4.69) is 5.32 Å². The lowest BCUT2D eigenvalue weighted by Gasteiger charge is -2.23. The van der Waals surface area contributed by atoms with E-state index in [9.17, 15) is 19.7 Å². The van der Waals surface area contributed by atoms with E-state index in [0.29, 0.717) is 11.3 Å². The highest BCUT2D eigenvalue weighted by atomic mass is 16.6. The van der Waals surface area contributed by atoms with Crippen molar-refractivity contribution in [3.05, 3.63) is 33.9 Å². The molecular weight excluding hydrogens is 300 g/mol. The van der Waals surface area contributed by atoms with Gasteiger partial charge in [0.25, 0.3) is 5.69 Å². The number of hydrogen-bond acceptors (Lipinski definition) is 5. The summed E-state index contributed by atoms with van der Waals surface area (Å²) in [6, 6.07) is 4.60. The topological polar surface area (TPSA) is 98.5 Å². The van der Waals surface area contributed by atoms with Crippen LogP contribution in [0.25, 0.3) is 0 Å². The number of amides is 1. The van der Waals surface area contributed by atoms with Gasteiger partial charge >= 0.3 is 5.97 Å². The maximum absolute atomic E-state index is 12.6. The number of nitro groups is 1. The molecule has 2 saturated carbocycles. The number of carbonyl (C=O) groups excluding carboxylic acids is 2. The SMILES string of the molecule is Cc1ccc(NC(=O)[C@H]2[C@@H]3C[C@H]4[C@@H]2C(=O)O[C@@H]4C3)cc1[N+](=O)[O-]. The van der Waals surface area contributed by atoms with Gasteiger partial charge in [0.15, 0.2) is 0 Å². The van der Waals surface area contributed by atoms with Gasteiger partial charge in [0.1, 0.15) is 6.10 Å². The summed E-state index contributed by atoms with van der Waals surface area (Å²) >= 11 is 0. The molecule has 3 aliphatic rings. The molecule has 120 valence electrons. The monoisotopic (exact) mass is 316 g/mol. The summed E-state index contributed by atoms with van der Waals surface area (Å²) in [6.45, 7) is 1.65. The Morgan fingerprint density at radius 2 is 2.17 bits per heavy atom. The molecule has 1 heterocycles. The molecule has 7 heteroatoms. The van der Waals surface area contributed by atoms with Crippen LogP contribution in [0.5, 0.6) is 0 Å². The van der Waals surface area contributed by atoms with Gasteiger partial charge in [-0.15, -0.1) is 0 Å². The van der Waals surface area contributed by atoms with Gasteiger partial charge in [-0.1, -0.05) is 6.07 Å². The maximum Gasteiger partial charge on any atom is 0.310 e. The summed E-state index contributed by atoms with van der Waals surface area (Å²) in [5.74, 6) is -0.906. The van der Waals surface area contributed by atoms with Crippen LogP contribution in [0.4, 0.5) is 11.4 Å². The number of benzene rings is 1. The molecule has 0 radical (unpaired) electrons. The van der Waals surface area contributed by atoms with Gasteiger partial charge in [-0.25, -0.2) is 0 Å². The van der Waals surface area contributed by atoms with Crippen molar-refractivity contribution in [2.45, 2.75) is 25.9 Å². The standard InChI is InChI=1S/C16H16N2O5/c1-7-2-3-9(6-11(7)18(21)22)17-15(19)13-8-4-10-12(5-8)23-16(20)14(10)13/h2-3,6,8,10,12-14H,4-5H2,1H3,(H,17,19)/t8-,10-,12-,13+,14+/m1/s1. The lowest BCUT2D eigenvalue weighted by atomic mass is 9.79. The summed E-state index contributed by atoms with van der Waals surface area (Å²) in [5.41, 5.74) is 0.893. The molecule has 1 aromatic rings. The van der Waals surface area contributed by atoms with Crippen molar-refractivity contribution in [2.75, 3.05) is 5.32 Å². The molecule has 0 unspecified atom stereocenters. The summed E-state index contributed by atoms with van der Waals surface area (Å²) < 4.78 is 5.33. The van der Waals surface area contributed by atoms with Gasteiger partial charge in [0, 0.05) is 23.2 Å². The molecule has 4 rings (SSSR count). The van der Waals surface area contributed by atoms with Crippen molar-refractivity contribution in [3.63, 3.8) is 0 Å². The smallest absolute Gasteiger partial charge is 0.310 e. The molecule has 1 N–H and O–H groups in total. The average Bonchev–Trinajstić information content (AvgIpc) is 3.10. The first-order valence-corrected chi connectivity index (χ1v) is 7.72. The Balaban J connectivity index is 1.56. The minimum atomic E-state index is -0.471. The second kappa shape index (κ2) is 4.78.